The molecule has 0 aliphatic heterocycles. The number of ether oxygens (including phenoxy) is 2. The van der Waals surface area contributed by atoms with Crippen LogP contribution in [0, 0.1) is 15.5 Å². The lowest BCUT2D eigenvalue weighted by atomic mass is 9.95. The SMILES string of the molecule is COc1cccc(C(=O)Oc2ccc([N+](=O)[O-])cc2/C=N/NC(=O)c2ccc(NC(=O)C(C)(C)C)cc2)c1. The van der Waals surface area contributed by atoms with Gasteiger partial charge in [-0.15, -0.1) is 0 Å². The number of hydrazone groups is 1. The Morgan fingerprint density at radius 1 is 0.974 bits per heavy atom. The Labute approximate surface area is 218 Å². The number of methoxy groups -OCH3 is 1. The maximum absolute atomic E-state index is 12.6. The number of carbonyl (C=O) groups excluding carboxylic acids is 3. The van der Waals surface area contributed by atoms with E-state index in [1.54, 1.807) is 45.0 Å². The minimum absolute atomic E-state index is 0.000335. The first-order valence-electron chi connectivity index (χ1n) is 11.4. The van der Waals surface area contributed by atoms with E-state index in [4.69, 9.17) is 9.47 Å². The molecule has 0 saturated heterocycles. The van der Waals surface area contributed by atoms with Gasteiger partial charge in [0.1, 0.15) is 11.5 Å². The summed E-state index contributed by atoms with van der Waals surface area (Å²) >= 11 is 0. The van der Waals surface area contributed by atoms with Crippen LogP contribution in [0.25, 0.3) is 0 Å². The van der Waals surface area contributed by atoms with Crippen molar-refractivity contribution in [3.8, 4) is 11.5 Å². The predicted molar refractivity (Wildman–Crippen MR) is 141 cm³/mol. The van der Waals surface area contributed by atoms with Gasteiger partial charge in [-0.2, -0.15) is 5.10 Å². The largest absolute Gasteiger partial charge is 0.497 e. The summed E-state index contributed by atoms with van der Waals surface area (Å²) in [4.78, 5) is 47.9. The summed E-state index contributed by atoms with van der Waals surface area (Å²) in [6.45, 7) is 5.36. The number of benzene rings is 3. The number of amides is 2. The maximum atomic E-state index is 12.6. The van der Waals surface area contributed by atoms with Gasteiger partial charge in [-0.3, -0.25) is 19.7 Å². The van der Waals surface area contributed by atoms with Crippen LogP contribution in [0.2, 0.25) is 0 Å². The molecule has 0 aliphatic rings. The van der Waals surface area contributed by atoms with Crippen molar-refractivity contribution < 1.29 is 28.8 Å². The van der Waals surface area contributed by atoms with Crippen LogP contribution in [0.15, 0.2) is 71.8 Å². The van der Waals surface area contributed by atoms with Crippen LogP contribution < -0.4 is 20.2 Å². The van der Waals surface area contributed by atoms with Crippen molar-refractivity contribution >= 4 is 35.4 Å². The summed E-state index contributed by atoms with van der Waals surface area (Å²) in [6.07, 6.45) is 1.14. The third-order valence-electron chi connectivity index (χ3n) is 5.17. The molecular weight excluding hydrogens is 492 g/mol. The highest BCUT2D eigenvalue weighted by Gasteiger charge is 2.21. The lowest BCUT2D eigenvalue weighted by Crippen LogP contribution is -2.27. The first kappa shape index (κ1) is 27.5. The van der Waals surface area contributed by atoms with E-state index in [1.165, 1.54) is 43.5 Å². The van der Waals surface area contributed by atoms with E-state index >= 15 is 0 Å². The molecule has 0 radical (unpaired) electrons. The third-order valence-corrected chi connectivity index (χ3v) is 5.17. The number of nitro benzene ring substituents is 1. The fourth-order valence-electron chi connectivity index (χ4n) is 3.00. The van der Waals surface area contributed by atoms with Crippen molar-refractivity contribution in [2.45, 2.75) is 20.8 Å². The van der Waals surface area contributed by atoms with Crippen molar-refractivity contribution in [1.82, 2.24) is 5.43 Å². The monoisotopic (exact) mass is 518 g/mol. The Morgan fingerprint density at radius 3 is 2.32 bits per heavy atom. The Hall–Kier alpha value is -5.06. The predicted octanol–water partition coefficient (Wildman–Crippen LogP) is 4.57. The average molecular weight is 519 g/mol. The zero-order valence-corrected chi connectivity index (χ0v) is 21.2. The van der Waals surface area contributed by atoms with E-state index in [9.17, 15) is 24.5 Å². The van der Waals surface area contributed by atoms with E-state index in [2.05, 4.69) is 15.8 Å². The molecule has 196 valence electrons. The summed E-state index contributed by atoms with van der Waals surface area (Å²) in [6, 6.07) is 16.1. The lowest BCUT2D eigenvalue weighted by Gasteiger charge is -2.17. The Bertz CT molecular complexity index is 1390. The number of rotatable bonds is 8. The number of carbonyl (C=O) groups is 3. The quantitative estimate of drug-likeness (QED) is 0.146. The van der Waals surface area contributed by atoms with E-state index in [1.807, 2.05) is 0 Å². The van der Waals surface area contributed by atoms with Crippen LogP contribution in [0.3, 0.4) is 0 Å². The molecule has 0 atom stereocenters. The molecule has 11 nitrogen and oxygen atoms in total. The van der Waals surface area contributed by atoms with Crippen LogP contribution in [0.5, 0.6) is 11.5 Å². The first-order valence-corrected chi connectivity index (χ1v) is 11.4. The van der Waals surface area contributed by atoms with Gasteiger partial charge in [0.2, 0.25) is 5.91 Å². The first-order chi connectivity index (χ1) is 18.0. The Morgan fingerprint density at radius 2 is 1.68 bits per heavy atom. The van der Waals surface area contributed by atoms with E-state index < -0.39 is 22.2 Å². The second kappa shape index (κ2) is 11.8. The van der Waals surface area contributed by atoms with Gasteiger partial charge in [0.25, 0.3) is 11.6 Å². The summed E-state index contributed by atoms with van der Waals surface area (Å²) in [5, 5.41) is 17.9. The van der Waals surface area contributed by atoms with Crippen molar-refractivity contribution in [2.24, 2.45) is 10.5 Å². The Balaban J connectivity index is 1.74. The fraction of sp³-hybridized carbons (Fsp3) is 0.185. The molecule has 0 unspecified atom stereocenters. The molecule has 11 heteroatoms. The van der Waals surface area contributed by atoms with Crippen molar-refractivity contribution in [3.63, 3.8) is 0 Å². The molecule has 3 aromatic rings. The molecule has 0 fully saturated rings. The normalized spacial score (nSPS) is 11.1. The number of hydrogen-bond donors (Lipinski definition) is 2. The molecule has 3 aromatic carbocycles. The van der Waals surface area contributed by atoms with E-state index in [0.717, 1.165) is 12.3 Å². The van der Waals surface area contributed by atoms with Crippen LogP contribution in [0.1, 0.15) is 47.1 Å². The van der Waals surface area contributed by atoms with Crippen LogP contribution in [-0.2, 0) is 4.79 Å². The number of hydrogen-bond acceptors (Lipinski definition) is 8. The number of anilines is 1. The fourth-order valence-corrected chi connectivity index (χ4v) is 3.00. The topological polar surface area (TPSA) is 149 Å². The number of nitro groups is 1. The molecule has 0 saturated carbocycles. The van der Waals surface area contributed by atoms with Crippen molar-refractivity contribution in [3.05, 3.63) is 93.5 Å². The summed E-state index contributed by atoms with van der Waals surface area (Å²) < 4.78 is 10.5. The van der Waals surface area contributed by atoms with Gasteiger partial charge in [0, 0.05) is 34.4 Å². The molecule has 0 bridgehead atoms. The standard InChI is InChI=1S/C27H26N4O7/c1-27(2,3)26(34)29-20-10-8-17(9-11-20)24(32)30-28-16-19-14-21(31(35)36)12-13-23(19)38-25(33)18-6-5-7-22(15-18)37-4/h5-16H,1-4H3,(H,29,34)(H,30,32)/b28-16+. The second-order valence-corrected chi connectivity index (χ2v) is 9.08. The molecule has 2 N–H and O–H groups in total. The van der Waals surface area contributed by atoms with Gasteiger partial charge in [-0.1, -0.05) is 26.8 Å². The van der Waals surface area contributed by atoms with Crippen LogP contribution in [0.4, 0.5) is 11.4 Å². The summed E-state index contributed by atoms with van der Waals surface area (Å²) in [5.41, 5.74) is 2.59. The highest BCUT2D eigenvalue weighted by Crippen LogP contribution is 2.24. The average Bonchev–Trinajstić information content (AvgIpc) is 2.89. The summed E-state index contributed by atoms with van der Waals surface area (Å²) in [5.74, 6) is -0.984. The smallest absolute Gasteiger partial charge is 0.343 e. The molecule has 2 amide bonds. The van der Waals surface area contributed by atoms with Gasteiger partial charge in [-0.05, 0) is 48.5 Å². The number of nitrogens with one attached hydrogen (secondary N) is 2. The van der Waals surface area contributed by atoms with Gasteiger partial charge >= 0.3 is 5.97 Å². The minimum Gasteiger partial charge on any atom is -0.497 e. The molecule has 0 heterocycles. The highest BCUT2D eigenvalue weighted by atomic mass is 16.6. The van der Waals surface area contributed by atoms with Gasteiger partial charge in [-0.25, -0.2) is 10.2 Å². The zero-order valence-electron chi connectivity index (χ0n) is 21.2. The lowest BCUT2D eigenvalue weighted by molar-refractivity contribution is -0.384. The van der Waals surface area contributed by atoms with E-state index in [-0.39, 0.29) is 34.0 Å². The van der Waals surface area contributed by atoms with Crippen LogP contribution >= 0.6 is 0 Å². The van der Waals surface area contributed by atoms with Gasteiger partial charge in [0.15, 0.2) is 0 Å². The van der Waals surface area contributed by atoms with Gasteiger partial charge < -0.3 is 14.8 Å². The number of non-ortho nitro benzene ring substituents is 1. The minimum atomic E-state index is -0.713. The van der Waals surface area contributed by atoms with Crippen molar-refractivity contribution in [2.75, 3.05) is 12.4 Å². The molecule has 3 rings (SSSR count). The molecule has 0 aromatic heterocycles. The molecule has 0 aliphatic carbocycles. The molecule has 38 heavy (non-hydrogen) atoms. The number of nitrogens with zero attached hydrogens (tertiary/aromatic N) is 2. The van der Waals surface area contributed by atoms with Crippen molar-refractivity contribution in [1.29, 1.82) is 0 Å². The summed E-state index contributed by atoms with van der Waals surface area (Å²) in [7, 11) is 1.46. The highest BCUT2D eigenvalue weighted by molar-refractivity contribution is 5.98. The number of esters is 1. The Kier molecular flexibility index (Phi) is 8.54. The maximum Gasteiger partial charge on any atom is 0.343 e. The van der Waals surface area contributed by atoms with Gasteiger partial charge in [0.05, 0.1) is 23.8 Å². The third kappa shape index (κ3) is 7.23. The molecular formula is C27H26N4O7. The molecule has 0 spiro atoms. The van der Waals surface area contributed by atoms with E-state index in [0.29, 0.717) is 11.4 Å². The van der Waals surface area contributed by atoms with Crippen LogP contribution in [-0.4, -0.2) is 36.0 Å². The second-order valence-electron chi connectivity index (χ2n) is 9.08. The zero-order chi connectivity index (χ0) is 27.9.